The van der Waals surface area contributed by atoms with E-state index in [1.807, 2.05) is 18.3 Å². The van der Waals surface area contributed by atoms with Crippen molar-refractivity contribution < 1.29 is 21.1 Å². The van der Waals surface area contributed by atoms with Gasteiger partial charge < -0.3 is 4.98 Å². The second kappa shape index (κ2) is 7.15. The molecule has 0 saturated heterocycles. The Morgan fingerprint density at radius 1 is 0.714 bits per heavy atom. The molecule has 3 aromatic carbocycles. The van der Waals surface area contributed by atoms with Crippen molar-refractivity contribution in [2.24, 2.45) is 0 Å². The molecule has 28 heavy (non-hydrogen) atoms. The number of hydrogen-bond acceptors (Lipinski definition) is 1. The summed E-state index contributed by atoms with van der Waals surface area (Å²) in [7, 11) is 0. The van der Waals surface area contributed by atoms with Crippen molar-refractivity contribution in [3.8, 4) is 11.3 Å². The molecule has 1 aliphatic rings. The van der Waals surface area contributed by atoms with Crippen molar-refractivity contribution in [3.05, 3.63) is 125 Å². The first-order valence-electron chi connectivity index (χ1n) is 9.32. The maximum Gasteiger partial charge on any atom is 0.0301 e. The number of nitrogens with zero attached hydrogens (tertiary/aromatic N) is 1. The summed E-state index contributed by atoms with van der Waals surface area (Å²) in [5.41, 5.74) is 9.33. The molecule has 2 heteroatoms. The zero-order chi connectivity index (χ0) is 18.4. The first-order chi connectivity index (χ1) is 13.2. The second-order valence-electron chi connectivity index (χ2n) is 7.34. The van der Waals surface area contributed by atoms with Crippen molar-refractivity contribution in [2.75, 3.05) is 0 Å². The zero-order valence-corrected chi connectivity index (χ0v) is 18.1. The molecule has 1 heterocycles. The molecule has 0 bridgehead atoms. The first kappa shape index (κ1) is 18.8. The summed E-state index contributed by atoms with van der Waals surface area (Å²) in [4.78, 5) is 4.75. The van der Waals surface area contributed by atoms with Crippen LogP contribution in [0.1, 0.15) is 33.4 Å². The van der Waals surface area contributed by atoms with E-state index >= 15 is 0 Å². The molecule has 0 atom stereocenters. The molecule has 0 aliphatic heterocycles. The van der Waals surface area contributed by atoms with Gasteiger partial charge in [0.15, 0.2) is 0 Å². The molecule has 5 rings (SSSR count). The molecular formula is C26H20NPt-. The van der Waals surface area contributed by atoms with Crippen molar-refractivity contribution in [2.45, 2.75) is 19.3 Å². The molecule has 1 aliphatic carbocycles. The number of aromatic nitrogens is 1. The average molecular weight is 542 g/mol. The Kier molecular flexibility index (Phi) is 4.81. The Bertz CT molecular complexity index is 1030. The van der Waals surface area contributed by atoms with E-state index in [1.54, 1.807) is 0 Å². The number of aryl methyl sites for hydroxylation is 2. The van der Waals surface area contributed by atoms with Crippen LogP contribution in [0.3, 0.4) is 0 Å². The molecule has 0 amide bonds. The van der Waals surface area contributed by atoms with E-state index in [-0.39, 0.29) is 26.5 Å². The predicted molar refractivity (Wildman–Crippen MR) is 110 cm³/mol. The van der Waals surface area contributed by atoms with Crippen LogP contribution in [0.25, 0.3) is 11.3 Å². The molecule has 1 nitrogen and oxygen atoms in total. The van der Waals surface area contributed by atoms with E-state index in [0.29, 0.717) is 0 Å². The van der Waals surface area contributed by atoms with Crippen LogP contribution in [0.2, 0.25) is 0 Å². The molecule has 0 N–H and O–H groups in total. The van der Waals surface area contributed by atoms with E-state index in [9.17, 15) is 0 Å². The SMILES string of the molecule is Cc1ccc(C2(c3ccc(C)cc3)c3ccc[c-]c3-c3ncccc32)cc1.[Pt]. The minimum atomic E-state index is -0.363. The standard InChI is InChI=1S/C26H20N.Pt/c1-18-9-13-20(14-10-18)26(21-15-11-19(2)12-16-21)23-7-4-3-6-22(23)25-24(26)8-5-17-27-25;/h3-5,7-17H,1-2H3;/q-1;. The smallest absolute Gasteiger partial charge is 0.0301 e. The van der Waals surface area contributed by atoms with Gasteiger partial charge >= 0.3 is 0 Å². The molecule has 0 fully saturated rings. The molecule has 0 radical (unpaired) electrons. The van der Waals surface area contributed by atoms with Crippen LogP contribution in [-0.2, 0) is 26.5 Å². The third-order valence-electron chi connectivity index (χ3n) is 5.68. The average Bonchev–Trinajstić information content (AvgIpc) is 3.01. The normalized spacial score (nSPS) is 13.4. The fourth-order valence-corrected chi connectivity index (χ4v) is 4.39. The molecule has 0 unspecified atom stereocenters. The molecule has 0 spiro atoms. The third kappa shape index (κ3) is 2.61. The molecule has 0 saturated carbocycles. The molecule has 140 valence electrons. The van der Waals surface area contributed by atoms with E-state index in [0.717, 1.165) is 11.3 Å². The summed E-state index contributed by atoms with van der Waals surface area (Å²) in [6.45, 7) is 4.27. The van der Waals surface area contributed by atoms with E-state index in [4.69, 9.17) is 4.98 Å². The van der Waals surface area contributed by atoms with Gasteiger partial charge in [-0.1, -0.05) is 71.3 Å². The quantitative estimate of drug-likeness (QED) is 0.255. The van der Waals surface area contributed by atoms with Gasteiger partial charge in [-0.2, -0.15) is 0 Å². The molecule has 4 aromatic rings. The van der Waals surface area contributed by atoms with Crippen LogP contribution in [-0.4, -0.2) is 4.98 Å². The van der Waals surface area contributed by atoms with Gasteiger partial charge in [-0.05, 0) is 36.7 Å². The van der Waals surface area contributed by atoms with Gasteiger partial charge in [0.25, 0.3) is 0 Å². The van der Waals surface area contributed by atoms with E-state index in [1.165, 1.54) is 33.4 Å². The van der Waals surface area contributed by atoms with Crippen molar-refractivity contribution in [1.82, 2.24) is 4.98 Å². The minimum Gasteiger partial charge on any atom is -0.304 e. The van der Waals surface area contributed by atoms with Gasteiger partial charge in [-0.3, -0.25) is 0 Å². The van der Waals surface area contributed by atoms with Crippen molar-refractivity contribution >= 4 is 0 Å². The number of rotatable bonds is 2. The summed E-state index contributed by atoms with van der Waals surface area (Å²) in [6, 6.07) is 31.9. The van der Waals surface area contributed by atoms with Crippen LogP contribution in [0, 0.1) is 19.9 Å². The summed E-state index contributed by atoms with van der Waals surface area (Å²) in [5, 5.41) is 0. The Labute approximate surface area is 180 Å². The van der Waals surface area contributed by atoms with E-state index in [2.05, 4.69) is 86.6 Å². The fourth-order valence-electron chi connectivity index (χ4n) is 4.39. The van der Waals surface area contributed by atoms with Gasteiger partial charge in [-0.15, -0.1) is 35.4 Å². The monoisotopic (exact) mass is 541 g/mol. The maximum absolute atomic E-state index is 4.75. The first-order valence-corrected chi connectivity index (χ1v) is 9.32. The number of fused-ring (bicyclic) bond motifs is 3. The van der Waals surface area contributed by atoms with Gasteiger partial charge in [0.05, 0.1) is 0 Å². The number of hydrogen-bond donors (Lipinski definition) is 0. The zero-order valence-electron chi connectivity index (χ0n) is 15.8. The summed E-state index contributed by atoms with van der Waals surface area (Å²) < 4.78 is 0. The molecular weight excluding hydrogens is 521 g/mol. The van der Waals surface area contributed by atoms with Crippen LogP contribution in [0.4, 0.5) is 0 Å². The van der Waals surface area contributed by atoms with Crippen molar-refractivity contribution in [3.63, 3.8) is 0 Å². The number of pyridine rings is 1. The Morgan fingerprint density at radius 3 is 1.89 bits per heavy atom. The summed E-state index contributed by atoms with van der Waals surface area (Å²) >= 11 is 0. The van der Waals surface area contributed by atoms with E-state index < -0.39 is 0 Å². The fraction of sp³-hybridized carbons (Fsp3) is 0.115. The Hall–Kier alpha value is -2.50. The van der Waals surface area contributed by atoms with Gasteiger partial charge in [0, 0.05) is 32.7 Å². The molecule has 1 aromatic heterocycles. The van der Waals surface area contributed by atoms with Crippen LogP contribution in [0.5, 0.6) is 0 Å². The topological polar surface area (TPSA) is 12.9 Å². The van der Waals surface area contributed by atoms with Crippen LogP contribution >= 0.6 is 0 Å². The van der Waals surface area contributed by atoms with Crippen LogP contribution < -0.4 is 0 Å². The van der Waals surface area contributed by atoms with Gasteiger partial charge in [0.1, 0.15) is 0 Å². The Balaban J connectivity index is 0.00000192. The second-order valence-corrected chi connectivity index (χ2v) is 7.34. The van der Waals surface area contributed by atoms with Gasteiger partial charge in [0.2, 0.25) is 0 Å². The predicted octanol–water partition coefficient (Wildman–Crippen LogP) is 5.86. The third-order valence-corrected chi connectivity index (χ3v) is 5.68. The number of benzene rings is 3. The summed E-state index contributed by atoms with van der Waals surface area (Å²) in [6.07, 6.45) is 1.88. The summed E-state index contributed by atoms with van der Waals surface area (Å²) in [5.74, 6) is 0. The maximum atomic E-state index is 4.75. The van der Waals surface area contributed by atoms with Gasteiger partial charge in [-0.25, -0.2) is 0 Å². The van der Waals surface area contributed by atoms with Crippen LogP contribution in [0.15, 0.2) is 85.1 Å². The largest absolute Gasteiger partial charge is 0.304 e. The minimum absolute atomic E-state index is 0. The van der Waals surface area contributed by atoms with Crippen molar-refractivity contribution in [1.29, 1.82) is 0 Å². The Morgan fingerprint density at radius 2 is 1.29 bits per heavy atom.